The molecule has 176 valence electrons. The molecule has 5 nitrogen and oxygen atoms in total. The van der Waals surface area contributed by atoms with E-state index in [4.69, 9.17) is 19.0 Å². The van der Waals surface area contributed by atoms with Crippen LogP contribution in [0.1, 0.15) is 65.0 Å². The van der Waals surface area contributed by atoms with E-state index in [2.05, 4.69) is 6.92 Å². The molecule has 0 aliphatic carbocycles. The highest BCUT2D eigenvalue weighted by atomic mass is 31.2. The molecule has 0 fully saturated rings. The van der Waals surface area contributed by atoms with Crippen LogP contribution in [0.3, 0.4) is 0 Å². The van der Waals surface area contributed by atoms with Crippen molar-refractivity contribution in [1.29, 1.82) is 0 Å². The Balaban J connectivity index is 2.71. The average Bonchev–Trinajstić information content (AvgIpc) is 2.80. The molecule has 32 heavy (non-hydrogen) atoms. The summed E-state index contributed by atoms with van der Waals surface area (Å²) in [6, 6.07) is 20.0. The van der Waals surface area contributed by atoms with Crippen molar-refractivity contribution in [3.8, 4) is 0 Å². The molecule has 0 saturated carbocycles. The molecule has 0 bridgehead atoms. The molecule has 6 heteroatoms. The Bertz CT molecular complexity index is 822. The highest BCUT2D eigenvalue weighted by Crippen LogP contribution is 2.65. The van der Waals surface area contributed by atoms with Crippen LogP contribution in [0.15, 0.2) is 65.7 Å². The Morgan fingerprint density at radius 2 is 1.38 bits per heavy atom. The van der Waals surface area contributed by atoms with E-state index in [0.29, 0.717) is 19.6 Å². The lowest BCUT2D eigenvalue weighted by atomic mass is 10.0. The van der Waals surface area contributed by atoms with Crippen molar-refractivity contribution >= 4 is 13.1 Å². The molecule has 2 rings (SSSR count). The van der Waals surface area contributed by atoms with Crippen LogP contribution in [0.4, 0.5) is 0 Å². The fourth-order valence-corrected chi connectivity index (χ4v) is 6.52. The molecule has 1 unspecified atom stereocenters. The topological polar surface area (TPSA) is 57.1 Å². The van der Waals surface area contributed by atoms with E-state index in [1.54, 1.807) is 6.92 Å². The molecule has 0 amide bonds. The van der Waals surface area contributed by atoms with E-state index >= 15 is 0 Å². The Morgan fingerprint density at radius 1 is 0.875 bits per heavy atom. The quantitative estimate of drug-likeness (QED) is 0.172. The third-order valence-corrected chi connectivity index (χ3v) is 8.48. The standard InChI is InChI=1S/C26H38NO4P/c1-6-10-21-24(32(28,31-9-4)26(5,29-7-2)30-8-3)27-25(22-17-13-11-14-18-22)23-19-15-12-16-20-23/h11-20,24H,6-10,21H2,1-5H3/t24-,32?/m0/s1. The van der Waals surface area contributed by atoms with Crippen molar-refractivity contribution in [2.75, 3.05) is 19.8 Å². The Morgan fingerprint density at radius 3 is 1.78 bits per heavy atom. The smallest absolute Gasteiger partial charge is 0.284 e. The van der Waals surface area contributed by atoms with Crippen molar-refractivity contribution < 1.29 is 18.6 Å². The van der Waals surface area contributed by atoms with Crippen LogP contribution >= 0.6 is 7.37 Å². The van der Waals surface area contributed by atoms with Crippen molar-refractivity contribution in [3.05, 3.63) is 71.8 Å². The third-order valence-electron chi connectivity index (χ3n) is 5.29. The zero-order valence-corrected chi connectivity index (χ0v) is 21.0. The van der Waals surface area contributed by atoms with Gasteiger partial charge in [0.25, 0.3) is 7.37 Å². The summed E-state index contributed by atoms with van der Waals surface area (Å²) in [5.41, 5.74) is 1.37. The molecular formula is C26H38NO4P. The fraction of sp³-hybridized carbons (Fsp3) is 0.500. The minimum Gasteiger partial charge on any atom is -0.342 e. The fourth-order valence-electron chi connectivity index (χ4n) is 3.78. The van der Waals surface area contributed by atoms with Crippen LogP contribution in [0, 0.1) is 0 Å². The number of hydrogen-bond donors (Lipinski definition) is 0. The Kier molecular flexibility index (Phi) is 10.8. The number of benzene rings is 2. The van der Waals surface area contributed by atoms with Gasteiger partial charge in [-0.2, -0.15) is 0 Å². The maximum absolute atomic E-state index is 14.6. The minimum absolute atomic E-state index is 0.289. The molecule has 0 aliphatic heterocycles. The van der Waals surface area contributed by atoms with E-state index in [9.17, 15) is 4.57 Å². The third kappa shape index (κ3) is 6.39. The second-order valence-corrected chi connectivity index (χ2v) is 10.5. The van der Waals surface area contributed by atoms with E-state index in [1.165, 1.54) is 0 Å². The molecule has 2 aromatic carbocycles. The lowest BCUT2D eigenvalue weighted by molar-refractivity contribution is -0.168. The highest BCUT2D eigenvalue weighted by molar-refractivity contribution is 7.61. The number of ether oxygens (including phenoxy) is 2. The van der Waals surface area contributed by atoms with Gasteiger partial charge in [0, 0.05) is 24.3 Å². The first-order valence-corrected chi connectivity index (χ1v) is 13.4. The normalized spacial score (nSPS) is 14.5. The Labute approximate surface area is 193 Å². The zero-order valence-electron chi connectivity index (χ0n) is 20.1. The van der Waals surface area contributed by atoms with E-state index < -0.39 is 18.7 Å². The van der Waals surface area contributed by atoms with Crippen molar-refractivity contribution in [3.63, 3.8) is 0 Å². The summed E-state index contributed by atoms with van der Waals surface area (Å²) >= 11 is 0. The molecule has 0 aromatic heterocycles. The number of rotatable bonds is 14. The van der Waals surface area contributed by atoms with E-state index in [0.717, 1.165) is 29.7 Å². The van der Waals surface area contributed by atoms with Gasteiger partial charge in [-0.3, -0.25) is 9.56 Å². The van der Waals surface area contributed by atoms with Crippen molar-refractivity contribution in [2.24, 2.45) is 4.99 Å². The summed E-state index contributed by atoms with van der Waals surface area (Å²) in [7, 11) is -3.54. The van der Waals surface area contributed by atoms with Gasteiger partial charge in [-0.25, -0.2) is 0 Å². The van der Waals surface area contributed by atoms with Crippen LogP contribution < -0.4 is 0 Å². The zero-order chi connectivity index (χ0) is 23.5. The number of unbranched alkanes of at least 4 members (excludes halogenated alkanes) is 1. The van der Waals surface area contributed by atoms with E-state index in [-0.39, 0.29) is 6.61 Å². The maximum Gasteiger partial charge on any atom is 0.284 e. The lowest BCUT2D eigenvalue weighted by Gasteiger charge is -2.39. The molecule has 0 aliphatic rings. The SMILES string of the molecule is CCCC[C@@H](N=C(c1ccccc1)c1ccccc1)P(=O)(OCC)C(C)(OCC)OCC. The van der Waals surface area contributed by atoms with Crippen LogP contribution in [0.2, 0.25) is 0 Å². The largest absolute Gasteiger partial charge is 0.342 e. The molecule has 2 aromatic rings. The van der Waals surface area contributed by atoms with Gasteiger partial charge in [-0.15, -0.1) is 0 Å². The van der Waals surface area contributed by atoms with Gasteiger partial charge in [0.1, 0.15) is 5.78 Å². The molecule has 0 N–H and O–H groups in total. The molecule has 0 heterocycles. The molecule has 2 atom stereocenters. The first-order valence-electron chi connectivity index (χ1n) is 11.7. The van der Waals surface area contributed by atoms with Crippen LogP contribution in [-0.2, 0) is 18.6 Å². The van der Waals surface area contributed by atoms with Gasteiger partial charge < -0.3 is 14.0 Å². The van der Waals surface area contributed by atoms with Gasteiger partial charge in [0.05, 0.1) is 12.3 Å². The van der Waals surface area contributed by atoms with Gasteiger partial charge in [0.15, 0.2) is 0 Å². The van der Waals surface area contributed by atoms with Gasteiger partial charge in [-0.1, -0.05) is 80.4 Å². The summed E-state index contributed by atoms with van der Waals surface area (Å²) in [4.78, 5) is 5.14. The summed E-state index contributed by atoms with van der Waals surface area (Å²) in [6.07, 6.45) is 2.45. The van der Waals surface area contributed by atoms with Crippen LogP contribution in [0.5, 0.6) is 0 Å². The Hall–Kier alpha value is -1.78. The molecule has 0 saturated heterocycles. The number of aliphatic imine (C=N–C) groups is 1. The lowest BCUT2D eigenvalue weighted by Crippen LogP contribution is -2.37. The van der Waals surface area contributed by atoms with Crippen molar-refractivity contribution in [2.45, 2.75) is 65.2 Å². The second kappa shape index (κ2) is 13.1. The highest BCUT2D eigenvalue weighted by Gasteiger charge is 2.53. The van der Waals surface area contributed by atoms with E-state index in [1.807, 2.05) is 81.4 Å². The molecule has 0 radical (unpaired) electrons. The monoisotopic (exact) mass is 459 g/mol. The number of nitrogens with zero attached hydrogens (tertiary/aromatic N) is 1. The van der Waals surface area contributed by atoms with Gasteiger partial charge >= 0.3 is 0 Å². The first kappa shape index (κ1) is 26.5. The minimum atomic E-state index is -3.54. The summed E-state index contributed by atoms with van der Waals surface area (Å²) in [5.74, 6) is -0.596. The maximum atomic E-state index is 14.6. The molecular weight excluding hydrogens is 421 g/mol. The predicted molar refractivity (Wildman–Crippen MR) is 133 cm³/mol. The average molecular weight is 460 g/mol. The predicted octanol–water partition coefficient (Wildman–Crippen LogP) is 7.10. The van der Waals surface area contributed by atoms with Crippen molar-refractivity contribution in [1.82, 2.24) is 0 Å². The summed E-state index contributed by atoms with van der Waals surface area (Å²) in [6.45, 7) is 10.5. The second-order valence-electron chi connectivity index (χ2n) is 7.61. The number of hydrogen-bond acceptors (Lipinski definition) is 5. The summed E-state index contributed by atoms with van der Waals surface area (Å²) < 4.78 is 32.6. The van der Waals surface area contributed by atoms with Crippen LogP contribution in [0.25, 0.3) is 0 Å². The summed E-state index contributed by atoms with van der Waals surface area (Å²) in [5, 5.41) is 0. The first-order chi connectivity index (χ1) is 15.5. The molecule has 0 spiro atoms. The van der Waals surface area contributed by atoms with Gasteiger partial charge in [-0.05, 0) is 34.1 Å². The van der Waals surface area contributed by atoms with Gasteiger partial charge in [0.2, 0.25) is 5.53 Å². The van der Waals surface area contributed by atoms with Crippen LogP contribution in [-0.4, -0.2) is 36.8 Å².